The van der Waals surface area contributed by atoms with Gasteiger partial charge < -0.3 is 9.64 Å². The van der Waals surface area contributed by atoms with Gasteiger partial charge in [-0.3, -0.25) is 9.89 Å². The van der Waals surface area contributed by atoms with Gasteiger partial charge >= 0.3 is 0 Å². The zero-order valence-electron chi connectivity index (χ0n) is 15.6. The van der Waals surface area contributed by atoms with E-state index in [2.05, 4.69) is 10.2 Å². The van der Waals surface area contributed by atoms with E-state index in [9.17, 15) is 13.6 Å². The van der Waals surface area contributed by atoms with Gasteiger partial charge in [-0.25, -0.2) is 8.78 Å². The monoisotopic (exact) mass is 395 g/mol. The van der Waals surface area contributed by atoms with Crippen LogP contribution in [0.1, 0.15) is 16.8 Å². The summed E-state index contributed by atoms with van der Waals surface area (Å²) < 4.78 is 33.7. The van der Waals surface area contributed by atoms with Crippen LogP contribution in [0.3, 0.4) is 0 Å². The maximum Gasteiger partial charge on any atom is 0.229 e. The van der Waals surface area contributed by atoms with Gasteiger partial charge in [0.05, 0.1) is 5.92 Å². The summed E-state index contributed by atoms with van der Waals surface area (Å²) in [6.45, 7) is 1.21. The molecule has 7 heteroatoms. The van der Waals surface area contributed by atoms with Gasteiger partial charge in [-0.15, -0.1) is 0 Å². The normalized spacial score (nSPS) is 18.0. The third-order valence-electron chi connectivity index (χ3n) is 5.68. The Morgan fingerprint density at radius 3 is 2.93 bits per heavy atom. The van der Waals surface area contributed by atoms with Crippen LogP contribution < -0.4 is 4.74 Å². The number of aromatic amines is 1. The number of carbonyl (C=O) groups is 1. The first-order valence-corrected chi connectivity index (χ1v) is 9.62. The Kier molecular flexibility index (Phi) is 4.30. The Morgan fingerprint density at radius 1 is 1.17 bits per heavy atom. The van der Waals surface area contributed by atoms with Crippen molar-refractivity contribution in [1.29, 1.82) is 0 Å². The number of nitrogens with one attached hydrogen (secondary N) is 1. The van der Waals surface area contributed by atoms with Crippen molar-refractivity contribution in [2.75, 3.05) is 13.2 Å². The van der Waals surface area contributed by atoms with E-state index in [0.29, 0.717) is 38.2 Å². The first kappa shape index (κ1) is 17.8. The molecule has 1 N–H and O–H groups in total. The summed E-state index contributed by atoms with van der Waals surface area (Å²) in [4.78, 5) is 14.9. The molecule has 148 valence electrons. The van der Waals surface area contributed by atoms with Gasteiger partial charge in [-0.2, -0.15) is 5.10 Å². The minimum Gasteiger partial charge on any atom is -0.492 e. The minimum atomic E-state index is -0.928. The summed E-state index contributed by atoms with van der Waals surface area (Å²) in [5, 5.41) is 7.13. The van der Waals surface area contributed by atoms with Crippen LogP contribution >= 0.6 is 0 Å². The molecule has 3 heterocycles. The van der Waals surface area contributed by atoms with E-state index in [4.69, 9.17) is 4.74 Å². The Hall–Kier alpha value is -3.22. The maximum atomic E-state index is 14.3. The van der Waals surface area contributed by atoms with Crippen molar-refractivity contribution in [2.45, 2.75) is 19.4 Å². The topological polar surface area (TPSA) is 58.2 Å². The van der Waals surface area contributed by atoms with Gasteiger partial charge in [-0.1, -0.05) is 24.3 Å². The van der Waals surface area contributed by atoms with Crippen LogP contribution in [0, 0.1) is 17.6 Å². The zero-order valence-corrected chi connectivity index (χ0v) is 15.6. The van der Waals surface area contributed by atoms with E-state index in [1.54, 1.807) is 4.90 Å². The maximum absolute atomic E-state index is 14.3. The summed E-state index contributed by atoms with van der Waals surface area (Å²) in [5.41, 5.74) is 3.09. The number of H-pyrrole nitrogens is 1. The van der Waals surface area contributed by atoms with Crippen molar-refractivity contribution in [1.82, 2.24) is 15.1 Å². The summed E-state index contributed by atoms with van der Waals surface area (Å²) in [6.07, 6.45) is 1.23. The molecule has 29 heavy (non-hydrogen) atoms. The molecule has 0 radical (unpaired) electrons. The highest BCUT2D eigenvalue weighted by atomic mass is 19.2. The quantitative estimate of drug-likeness (QED) is 0.723. The molecule has 0 bridgehead atoms. The highest BCUT2D eigenvalue weighted by Crippen LogP contribution is 2.33. The lowest BCUT2D eigenvalue weighted by Crippen LogP contribution is -2.43. The van der Waals surface area contributed by atoms with Gasteiger partial charge in [0, 0.05) is 36.3 Å². The molecule has 1 amide bonds. The predicted molar refractivity (Wildman–Crippen MR) is 102 cm³/mol. The van der Waals surface area contributed by atoms with Gasteiger partial charge in [0.1, 0.15) is 18.1 Å². The van der Waals surface area contributed by atoms with Crippen molar-refractivity contribution >= 4 is 5.91 Å². The molecule has 0 aliphatic carbocycles. The fourth-order valence-electron chi connectivity index (χ4n) is 4.14. The molecule has 0 saturated heterocycles. The number of rotatable bonds is 2. The van der Waals surface area contributed by atoms with Gasteiger partial charge in [0.2, 0.25) is 5.91 Å². The highest BCUT2D eigenvalue weighted by Gasteiger charge is 2.33. The molecule has 0 spiro atoms. The summed E-state index contributed by atoms with van der Waals surface area (Å²) in [7, 11) is 0. The van der Waals surface area contributed by atoms with Crippen molar-refractivity contribution in [3.05, 3.63) is 70.9 Å². The standard InChI is InChI=1S/C22H19F2N3O2/c23-17-6-3-5-15(20(17)24)21-16-11-27(9-8-18(16)25-26-21)22(28)14-10-13-4-1-2-7-19(13)29-12-14/h1-7,14H,8-12H2,(H,25,26). The lowest BCUT2D eigenvalue weighted by molar-refractivity contribution is -0.137. The number of benzene rings is 2. The highest BCUT2D eigenvalue weighted by molar-refractivity contribution is 5.80. The number of fused-ring (bicyclic) bond motifs is 2. The smallest absolute Gasteiger partial charge is 0.229 e. The minimum absolute atomic E-state index is 0.0111. The van der Waals surface area contributed by atoms with E-state index in [1.165, 1.54) is 12.1 Å². The second-order valence-electron chi connectivity index (χ2n) is 7.46. The number of amides is 1. The molecule has 5 nitrogen and oxygen atoms in total. The molecule has 1 aromatic heterocycles. The largest absolute Gasteiger partial charge is 0.492 e. The van der Waals surface area contributed by atoms with Crippen molar-refractivity contribution in [2.24, 2.45) is 5.92 Å². The van der Waals surface area contributed by atoms with Crippen LogP contribution in [-0.4, -0.2) is 34.2 Å². The molecule has 1 atom stereocenters. The Morgan fingerprint density at radius 2 is 2.03 bits per heavy atom. The van der Waals surface area contributed by atoms with Crippen molar-refractivity contribution in [3.63, 3.8) is 0 Å². The molecule has 0 fully saturated rings. The third-order valence-corrected chi connectivity index (χ3v) is 5.68. The summed E-state index contributed by atoms with van der Waals surface area (Å²) in [6, 6.07) is 11.8. The van der Waals surface area contributed by atoms with E-state index in [0.717, 1.165) is 28.6 Å². The number of carbonyl (C=O) groups excluding carboxylic acids is 1. The van der Waals surface area contributed by atoms with Gasteiger partial charge in [0.15, 0.2) is 11.6 Å². The van der Waals surface area contributed by atoms with Crippen LogP contribution in [0.25, 0.3) is 11.3 Å². The Bertz CT molecular complexity index is 1100. The fourth-order valence-corrected chi connectivity index (χ4v) is 4.14. The summed E-state index contributed by atoms with van der Waals surface area (Å²) >= 11 is 0. The SMILES string of the molecule is O=C(C1COc2ccccc2C1)N1CCc2[nH]nc(-c3cccc(F)c3F)c2C1. The number of hydrogen-bond donors (Lipinski definition) is 1. The second-order valence-corrected chi connectivity index (χ2v) is 7.46. The molecule has 0 saturated carbocycles. The molecule has 2 aliphatic rings. The number of para-hydroxylation sites is 1. The fraction of sp³-hybridized carbons (Fsp3) is 0.273. The van der Waals surface area contributed by atoms with E-state index < -0.39 is 11.6 Å². The second kappa shape index (κ2) is 6.99. The number of hydrogen-bond acceptors (Lipinski definition) is 3. The molecule has 1 unspecified atom stereocenters. The lowest BCUT2D eigenvalue weighted by atomic mass is 9.94. The van der Waals surface area contributed by atoms with E-state index >= 15 is 0 Å². The molecular formula is C22H19F2N3O2. The molecule has 2 aromatic carbocycles. The van der Waals surface area contributed by atoms with Crippen LogP contribution in [0.4, 0.5) is 8.78 Å². The van der Waals surface area contributed by atoms with Gasteiger partial charge in [0.25, 0.3) is 0 Å². The van der Waals surface area contributed by atoms with Crippen LogP contribution in [-0.2, 0) is 24.2 Å². The predicted octanol–water partition coefficient (Wildman–Crippen LogP) is 3.49. The van der Waals surface area contributed by atoms with Crippen molar-refractivity contribution in [3.8, 4) is 17.0 Å². The van der Waals surface area contributed by atoms with Crippen molar-refractivity contribution < 1.29 is 18.3 Å². The molecule has 5 rings (SSSR count). The summed E-state index contributed by atoms with van der Waals surface area (Å²) in [5.74, 6) is -1.26. The van der Waals surface area contributed by atoms with Crippen LogP contribution in [0.5, 0.6) is 5.75 Å². The van der Waals surface area contributed by atoms with E-state index in [-0.39, 0.29) is 17.4 Å². The van der Waals surface area contributed by atoms with E-state index in [1.807, 2.05) is 24.3 Å². The average Bonchev–Trinajstić information content (AvgIpc) is 3.18. The lowest BCUT2D eigenvalue weighted by Gasteiger charge is -2.32. The number of halogens is 2. The van der Waals surface area contributed by atoms with Crippen LogP contribution in [0.2, 0.25) is 0 Å². The molecule has 3 aromatic rings. The Labute approximate surface area is 166 Å². The number of aromatic nitrogens is 2. The molecule has 2 aliphatic heterocycles. The molecular weight excluding hydrogens is 376 g/mol. The third kappa shape index (κ3) is 3.06. The average molecular weight is 395 g/mol. The number of ether oxygens (including phenoxy) is 1. The number of nitrogens with zero attached hydrogens (tertiary/aromatic N) is 2. The zero-order chi connectivity index (χ0) is 20.0. The first-order chi connectivity index (χ1) is 14.1. The first-order valence-electron chi connectivity index (χ1n) is 9.62. The van der Waals surface area contributed by atoms with Crippen LogP contribution in [0.15, 0.2) is 42.5 Å². The Balaban J connectivity index is 1.39. The van der Waals surface area contributed by atoms with Gasteiger partial charge in [-0.05, 0) is 30.2 Å².